The Morgan fingerprint density at radius 2 is 2.05 bits per heavy atom. The molecule has 3 rings (SSSR count). The standard InChI is InChI=1S/C11H13N9S/c1-2-13-9-17-10(14-3-8-4-21-7-15-8)19-11(18-9)20-6-12-5-16-20/h4-7H,2-3H2,1H3,(H2,13,14,17,18,19). The molecule has 0 saturated carbocycles. The van der Waals surface area contributed by atoms with Crippen LogP contribution < -0.4 is 10.6 Å². The molecule has 3 heterocycles. The minimum absolute atomic E-state index is 0.402. The Labute approximate surface area is 124 Å². The van der Waals surface area contributed by atoms with E-state index in [0.717, 1.165) is 5.69 Å². The molecule has 3 aromatic rings. The van der Waals surface area contributed by atoms with Crippen molar-refractivity contribution in [2.24, 2.45) is 0 Å². The van der Waals surface area contributed by atoms with Gasteiger partial charge in [0, 0.05) is 11.9 Å². The van der Waals surface area contributed by atoms with Crippen LogP contribution in [0.1, 0.15) is 12.6 Å². The number of hydrogen-bond acceptors (Lipinski definition) is 9. The van der Waals surface area contributed by atoms with E-state index in [1.54, 1.807) is 16.8 Å². The van der Waals surface area contributed by atoms with Gasteiger partial charge >= 0.3 is 0 Å². The lowest BCUT2D eigenvalue weighted by molar-refractivity contribution is 0.793. The molecule has 0 aliphatic heterocycles. The van der Waals surface area contributed by atoms with Crippen molar-refractivity contribution in [3.05, 3.63) is 29.2 Å². The van der Waals surface area contributed by atoms with Gasteiger partial charge in [0.25, 0.3) is 5.95 Å². The zero-order valence-electron chi connectivity index (χ0n) is 11.3. The molecule has 2 N–H and O–H groups in total. The average Bonchev–Trinajstić information content (AvgIpc) is 3.19. The Morgan fingerprint density at radius 1 is 1.19 bits per heavy atom. The van der Waals surface area contributed by atoms with Crippen LogP contribution in [0.5, 0.6) is 0 Å². The highest BCUT2D eigenvalue weighted by atomic mass is 32.1. The predicted octanol–water partition coefficient (Wildman–Crippen LogP) is 0.953. The molecular weight excluding hydrogens is 290 g/mol. The molecule has 0 spiro atoms. The Kier molecular flexibility index (Phi) is 3.96. The Morgan fingerprint density at radius 3 is 2.71 bits per heavy atom. The zero-order valence-corrected chi connectivity index (χ0v) is 12.1. The minimum atomic E-state index is 0.402. The lowest BCUT2D eigenvalue weighted by Gasteiger charge is -2.08. The topological polar surface area (TPSA) is 106 Å². The van der Waals surface area contributed by atoms with E-state index in [-0.39, 0.29) is 0 Å². The third-order valence-corrected chi connectivity index (χ3v) is 3.13. The van der Waals surface area contributed by atoms with Crippen molar-refractivity contribution in [2.75, 3.05) is 17.2 Å². The maximum absolute atomic E-state index is 4.32. The molecule has 108 valence electrons. The first kappa shape index (κ1) is 13.4. The van der Waals surface area contributed by atoms with Gasteiger partial charge in [0.2, 0.25) is 11.9 Å². The minimum Gasteiger partial charge on any atom is -0.354 e. The van der Waals surface area contributed by atoms with Crippen LogP contribution in [0.3, 0.4) is 0 Å². The summed E-state index contributed by atoms with van der Waals surface area (Å²) >= 11 is 1.55. The Hall–Kier alpha value is -2.62. The van der Waals surface area contributed by atoms with E-state index in [9.17, 15) is 0 Å². The third kappa shape index (κ3) is 3.28. The second kappa shape index (κ2) is 6.22. The van der Waals surface area contributed by atoms with Gasteiger partial charge < -0.3 is 10.6 Å². The largest absolute Gasteiger partial charge is 0.354 e. The number of hydrogen-bond donors (Lipinski definition) is 2. The smallest absolute Gasteiger partial charge is 0.258 e. The molecule has 0 aromatic carbocycles. The molecule has 0 bridgehead atoms. The van der Waals surface area contributed by atoms with Crippen LogP contribution in [0.2, 0.25) is 0 Å². The first-order chi connectivity index (χ1) is 10.3. The Balaban J connectivity index is 1.84. The van der Waals surface area contributed by atoms with Crippen LogP contribution in [-0.2, 0) is 6.54 Å². The number of nitrogens with one attached hydrogen (secondary N) is 2. The molecular formula is C11H13N9S. The van der Waals surface area contributed by atoms with E-state index in [4.69, 9.17) is 0 Å². The van der Waals surface area contributed by atoms with Gasteiger partial charge in [-0.3, -0.25) is 0 Å². The van der Waals surface area contributed by atoms with Crippen molar-refractivity contribution in [2.45, 2.75) is 13.5 Å². The van der Waals surface area contributed by atoms with Gasteiger partial charge in [-0.25, -0.2) is 9.97 Å². The number of thiazole rings is 1. The molecule has 21 heavy (non-hydrogen) atoms. The fourth-order valence-corrected chi connectivity index (χ4v) is 2.15. The maximum atomic E-state index is 4.32. The molecule has 10 heteroatoms. The van der Waals surface area contributed by atoms with Crippen molar-refractivity contribution in [1.82, 2.24) is 34.7 Å². The SMILES string of the molecule is CCNc1nc(NCc2cscn2)nc(-n2cncn2)n1. The molecule has 0 aliphatic rings. The fraction of sp³-hybridized carbons (Fsp3) is 0.273. The van der Waals surface area contributed by atoms with E-state index in [2.05, 4.69) is 40.7 Å². The van der Waals surface area contributed by atoms with Crippen molar-refractivity contribution in [1.29, 1.82) is 0 Å². The highest BCUT2D eigenvalue weighted by Gasteiger charge is 2.08. The summed E-state index contributed by atoms with van der Waals surface area (Å²) in [5.74, 6) is 1.34. The monoisotopic (exact) mass is 303 g/mol. The molecule has 0 saturated heterocycles. The molecule has 3 aromatic heterocycles. The molecule has 0 unspecified atom stereocenters. The van der Waals surface area contributed by atoms with Gasteiger partial charge in [-0.15, -0.1) is 11.3 Å². The number of rotatable bonds is 6. The number of aromatic nitrogens is 7. The van der Waals surface area contributed by atoms with E-state index >= 15 is 0 Å². The zero-order chi connectivity index (χ0) is 14.5. The maximum Gasteiger partial charge on any atom is 0.258 e. The summed E-state index contributed by atoms with van der Waals surface area (Å²) in [5, 5.41) is 12.2. The summed E-state index contributed by atoms with van der Waals surface area (Å²) < 4.78 is 1.48. The number of nitrogens with zero attached hydrogens (tertiary/aromatic N) is 7. The number of anilines is 2. The molecule has 0 radical (unpaired) electrons. The summed E-state index contributed by atoms with van der Waals surface area (Å²) in [6.45, 7) is 3.24. The van der Waals surface area contributed by atoms with Gasteiger partial charge in [0.15, 0.2) is 0 Å². The van der Waals surface area contributed by atoms with Gasteiger partial charge in [0.05, 0.1) is 17.7 Å². The molecule has 0 atom stereocenters. The van der Waals surface area contributed by atoms with Crippen LogP contribution in [0, 0.1) is 0 Å². The van der Waals surface area contributed by atoms with Crippen LogP contribution in [0.4, 0.5) is 11.9 Å². The van der Waals surface area contributed by atoms with E-state index in [1.165, 1.54) is 17.3 Å². The second-order valence-electron chi connectivity index (χ2n) is 3.99. The van der Waals surface area contributed by atoms with Gasteiger partial charge in [-0.1, -0.05) is 0 Å². The third-order valence-electron chi connectivity index (χ3n) is 2.49. The normalized spacial score (nSPS) is 10.5. The van der Waals surface area contributed by atoms with Crippen molar-refractivity contribution >= 4 is 23.2 Å². The van der Waals surface area contributed by atoms with E-state index in [1.807, 2.05) is 12.3 Å². The molecule has 0 amide bonds. The lowest BCUT2D eigenvalue weighted by Crippen LogP contribution is -2.12. The van der Waals surface area contributed by atoms with Crippen molar-refractivity contribution in [3.8, 4) is 5.95 Å². The quantitative estimate of drug-likeness (QED) is 0.693. The van der Waals surface area contributed by atoms with Gasteiger partial charge in [-0.2, -0.15) is 24.7 Å². The molecule has 9 nitrogen and oxygen atoms in total. The van der Waals surface area contributed by atoms with Crippen LogP contribution in [0.15, 0.2) is 23.5 Å². The average molecular weight is 303 g/mol. The lowest BCUT2D eigenvalue weighted by atomic mass is 10.5. The summed E-state index contributed by atoms with van der Waals surface area (Å²) in [6, 6.07) is 0. The van der Waals surface area contributed by atoms with Crippen LogP contribution >= 0.6 is 11.3 Å². The summed E-state index contributed by atoms with van der Waals surface area (Å²) in [4.78, 5) is 21.0. The summed E-state index contributed by atoms with van der Waals surface area (Å²) in [7, 11) is 0. The van der Waals surface area contributed by atoms with E-state index in [0.29, 0.717) is 30.9 Å². The van der Waals surface area contributed by atoms with Crippen molar-refractivity contribution in [3.63, 3.8) is 0 Å². The van der Waals surface area contributed by atoms with Crippen molar-refractivity contribution < 1.29 is 0 Å². The summed E-state index contributed by atoms with van der Waals surface area (Å²) in [6.07, 6.45) is 2.97. The molecule has 0 fully saturated rings. The predicted molar refractivity (Wildman–Crippen MR) is 78.3 cm³/mol. The fourth-order valence-electron chi connectivity index (χ4n) is 1.59. The highest BCUT2D eigenvalue weighted by Crippen LogP contribution is 2.10. The first-order valence-electron chi connectivity index (χ1n) is 6.31. The van der Waals surface area contributed by atoms with Crippen LogP contribution in [-0.4, -0.2) is 41.2 Å². The van der Waals surface area contributed by atoms with Gasteiger partial charge in [-0.05, 0) is 6.92 Å². The van der Waals surface area contributed by atoms with E-state index < -0.39 is 0 Å². The highest BCUT2D eigenvalue weighted by molar-refractivity contribution is 7.07. The summed E-state index contributed by atoms with van der Waals surface area (Å²) in [5.41, 5.74) is 2.72. The Bertz CT molecular complexity index is 680. The molecule has 0 aliphatic carbocycles. The second-order valence-corrected chi connectivity index (χ2v) is 4.71. The first-order valence-corrected chi connectivity index (χ1v) is 7.25. The van der Waals surface area contributed by atoms with Crippen LogP contribution in [0.25, 0.3) is 5.95 Å². The van der Waals surface area contributed by atoms with Gasteiger partial charge in [0.1, 0.15) is 12.7 Å².